The number of thiazole rings is 1. The van der Waals surface area contributed by atoms with Gasteiger partial charge >= 0.3 is 0 Å². The highest BCUT2D eigenvalue weighted by Crippen LogP contribution is 2.31. The average molecular weight is 414 g/mol. The van der Waals surface area contributed by atoms with E-state index in [4.69, 9.17) is 9.47 Å². The quantitative estimate of drug-likeness (QED) is 0.387. The van der Waals surface area contributed by atoms with Crippen LogP contribution in [0.3, 0.4) is 0 Å². The number of nitrogens with zero attached hydrogens (tertiary/aromatic N) is 2. The summed E-state index contributed by atoms with van der Waals surface area (Å²) in [6.07, 6.45) is 0.861. The number of ether oxygens (including phenoxy) is 2. The number of nitrogens with one attached hydrogen (secondary N) is 1. The van der Waals surface area contributed by atoms with Gasteiger partial charge in [-0.25, -0.2) is 10.4 Å². The highest BCUT2D eigenvalue weighted by Gasteiger charge is 2.12. The normalized spacial score (nSPS) is 14.0. The molecule has 1 aliphatic heterocycles. The van der Waals surface area contributed by atoms with Crippen LogP contribution in [0.2, 0.25) is 0 Å². The fourth-order valence-electron chi connectivity index (χ4n) is 2.67. The van der Waals surface area contributed by atoms with Crippen LogP contribution >= 0.6 is 23.1 Å². The van der Waals surface area contributed by atoms with Crippen LogP contribution < -0.4 is 14.9 Å². The second-order valence-corrected chi connectivity index (χ2v) is 8.43. The monoisotopic (exact) mass is 413 g/mol. The third-order valence-electron chi connectivity index (χ3n) is 4.11. The second-order valence-electron chi connectivity index (χ2n) is 6.18. The van der Waals surface area contributed by atoms with Crippen LogP contribution in [-0.2, 0) is 4.79 Å². The van der Waals surface area contributed by atoms with Crippen LogP contribution in [0.15, 0.2) is 51.9 Å². The molecular formula is C20H19N3O3S2. The molecule has 0 aliphatic carbocycles. The molecule has 2 aromatic carbocycles. The van der Waals surface area contributed by atoms with Crippen molar-refractivity contribution in [3.05, 3.63) is 48.0 Å². The van der Waals surface area contributed by atoms with E-state index in [-0.39, 0.29) is 11.7 Å². The summed E-state index contributed by atoms with van der Waals surface area (Å²) in [5, 5.41) is 4.21. The fraction of sp³-hybridized carbons (Fsp3) is 0.250. The fourth-order valence-corrected chi connectivity index (χ4v) is 4.53. The maximum Gasteiger partial charge on any atom is 0.250 e. The van der Waals surface area contributed by atoms with Crippen LogP contribution in [-0.4, -0.2) is 35.6 Å². The van der Waals surface area contributed by atoms with Gasteiger partial charge in [0.25, 0.3) is 5.91 Å². The van der Waals surface area contributed by atoms with Gasteiger partial charge in [-0.15, -0.1) is 11.3 Å². The first-order valence-corrected chi connectivity index (χ1v) is 10.7. The maximum atomic E-state index is 12.1. The van der Waals surface area contributed by atoms with Crippen molar-refractivity contribution in [1.29, 1.82) is 0 Å². The SMILES string of the molecule is C/C(=N/NC(=O)CSc1nc2ccccc2s1)c1ccc2c(c1)OCCCO2. The zero-order chi connectivity index (χ0) is 19.3. The van der Waals surface area contributed by atoms with Crippen molar-refractivity contribution >= 4 is 44.9 Å². The lowest BCUT2D eigenvalue weighted by atomic mass is 10.1. The smallest absolute Gasteiger partial charge is 0.250 e. The van der Waals surface area contributed by atoms with Gasteiger partial charge in [-0.1, -0.05) is 23.9 Å². The van der Waals surface area contributed by atoms with E-state index in [0.29, 0.717) is 24.7 Å². The van der Waals surface area contributed by atoms with Gasteiger partial charge < -0.3 is 9.47 Å². The molecule has 1 amide bonds. The molecule has 1 aliphatic rings. The molecule has 0 unspecified atom stereocenters. The van der Waals surface area contributed by atoms with Crippen molar-refractivity contribution in [1.82, 2.24) is 10.4 Å². The van der Waals surface area contributed by atoms with Crippen LogP contribution in [0.4, 0.5) is 0 Å². The Morgan fingerprint density at radius 2 is 2.04 bits per heavy atom. The topological polar surface area (TPSA) is 72.8 Å². The molecule has 1 N–H and O–H groups in total. The number of hydrazone groups is 1. The number of hydrogen-bond acceptors (Lipinski definition) is 7. The summed E-state index contributed by atoms with van der Waals surface area (Å²) in [4.78, 5) is 16.7. The van der Waals surface area contributed by atoms with Crippen LogP contribution in [0.1, 0.15) is 18.9 Å². The molecular weight excluding hydrogens is 394 g/mol. The molecule has 4 rings (SSSR count). The predicted molar refractivity (Wildman–Crippen MR) is 113 cm³/mol. The number of aromatic nitrogens is 1. The average Bonchev–Trinajstić information content (AvgIpc) is 2.99. The highest BCUT2D eigenvalue weighted by atomic mass is 32.2. The molecule has 144 valence electrons. The van der Waals surface area contributed by atoms with Gasteiger partial charge in [-0.2, -0.15) is 5.10 Å². The first kappa shape index (κ1) is 18.8. The summed E-state index contributed by atoms with van der Waals surface area (Å²) >= 11 is 3.00. The molecule has 28 heavy (non-hydrogen) atoms. The second kappa shape index (κ2) is 8.62. The van der Waals surface area contributed by atoms with E-state index in [9.17, 15) is 4.79 Å². The van der Waals surface area contributed by atoms with E-state index in [1.807, 2.05) is 49.4 Å². The molecule has 1 aromatic heterocycles. The maximum absolute atomic E-state index is 12.1. The number of carbonyl (C=O) groups is 1. The molecule has 8 heteroatoms. The number of carbonyl (C=O) groups excluding carboxylic acids is 1. The van der Waals surface area contributed by atoms with Gasteiger partial charge in [0, 0.05) is 12.0 Å². The van der Waals surface area contributed by atoms with Gasteiger partial charge in [-0.05, 0) is 37.3 Å². The highest BCUT2D eigenvalue weighted by molar-refractivity contribution is 8.01. The van der Waals surface area contributed by atoms with Gasteiger partial charge in [0.2, 0.25) is 0 Å². The summed E-state index contributed by atoms with van der Waals surface area (Å²) in [5.74, 6) is 1.54. The molecule has 0 spiro atoms. The molecule has 0 fully saturated rings. The largest absolute Gasteiger partial charge is 0.490 e. The van der Waals surface area contributed by atoms with Crippen LogP contribution in [0.25, 0.3) is 10.2 Å². The summed E-state index contributed by atoms with van der Waals surface area (Å²) < 4.78 is 13.3. The summed E-state index contributed by atoms with van der Waals surface area (Å²) in [6.45, 7) is 3.13. The van der Waals surface area contributed by atoms with Gasteiger partial charge in [0.15, 0.2) is 15.8 Å². The molecule has 0 bridgehead atoms. The Bertz CT molecular complexity index is 999. The zero-order valence-electron chi connectivity index (χ0n) is 15.3. The summed E-state index contributed by atoms with van der Waals surface area (Å²) in [5.41, 5.74) is 5.15. The van der Waals surface area contributed by atoms with Crippen molar-refractivity contribution in [3.63, 3.8) is 0 Å². The minimum absolute atomic E-state index is 0.169. The van der Waals surface area contributed by atoms with Crippen LogP contribution in [0.5, 0.6) is 11.5 Å². The number of para-hydroxylation sites is 1. The Balaban J connectivity index is 1.35. The Morgan fingerprint density at radius 3 is 2.89 bits per heavy atom. The molecule has 0 saturated heterocycles. The third-order valence-corrected chi connectivity index (χ3v) is 6.29. The predicted octanol–water partition coefficient (Wildman–Crippen LogP) is 4.09. The number of rotatable bonds is 5. The molecule has 0 saturated carbocycles. The first-order chi connectivity index (χ1) is 13.7. The number of thioether (sulfide) groups is 1. The Hall–Kier alpha value is -2.58. The Kier molecular flexibility index (Phi) is 5.78. The number of benzene rings is 2. The number of hydrogen-bond donors (Lipinski definition) is 1. The van der Waals surface area contributed by atoms with E-state index >= 15 is 0 Å². The van der Waals surface area contributed by atoms with Crippen molar-refractivity contribution in [3.8, 4) is 11.5 Å². The molecule has 6 nitrogen and oxygen atoms in total. The molecule has 0 atom stereocenters. The zero-order valence-corrected chi connectivity index (χ0v) is 16.9. The van der Waals surface area contributed by atoms with Crippen molar-refractivity contribution in [2.24, 2.45) is 5.10 Å². The Morgan fingerprint density at radius 1 is 1.21 bits per heavy atom. The van der Waals surface area contributed by atoms with Gasteiger partial charge in [0.1, 0.15) is 0 Å². The minimum atomic E-state index is -0.169. The third kappa shape index (κ3) is 4.45. The lowest BCUT2D eigenvalue weighted by Crippen LogP contribution is -2.21. The van der Waals surface area contributed by atoms with Crippen LogP contribution in [0, 0.1) is 0 Å². The lowest BCUT2D eigenvalue weighted by Gasteiger charge is -2.09. The van der Waals surface area contributed by atoms with Crippen molar-refractivity contribution < 1.29 is 14.3 Å². The van der Waals surface area contributed by atoms with Gasteiger partial charge in [-0.3, -0.25) is 4.79 Å². The lowest BCUT2D eigenvalue weighted by molar-refractivity contribution is -0.118. The van der Waals surface area contributed by atoms with E-state index in [2.05, 4.69) is 15.5 Å². The molecule has 3 aromatic rings. The number of amides is 1. The van der Waals surface area contributed by atoms with E-state index < -0.39 is 0 Å². The van der Waals surface area contributed by atoms with E-state index in [1.165, 1.54) is 11.8 Å². The number of fused-ring (bicyclic) bond motifs is 2. The Labute approximate surface area is 171 Å². The van der Waals surface area contributed by atoms with Crippen molar-refractivity contribution in [2.75, 3.05) is 19.0 Å². The standard InChI is InChI=1S/C20H19N3O3S2/c1-13(14-7-8-16-17(11-14)26-10-4-9-25-16)22-23-19(24)12-27-20-21-15-5-2-3-6-18(15)28-20/h2-3,5-8,11H,4,9-10,12H2,1H3,(H,23,24)/b22-13-. The van der Waals surface area contributed by atoms with Gasteiger partial charge in [0.05, 0.1) is 34.9 Å². The summed E-state index contributed by atoms with van der Waals surface area (Å²) in [6, 6.07) is 13.6. The molecule has 0 radical (unpaired) electrons. The first-order valence-electron chi connectivity index (χ1n) is 8.90. The molecule has 2 heterocycles. The van der Waals surface area contributed by atoms with E-state index in [0.717, 1.165) is 32.3 Å². The summed E-state index contributed by atoms with van der Waals surface area (Å²) in [7, 11) is 0. The van der Waals surface area contributed by atoms with Crippen molar-refractivity contribution in [2.45, 2.75) is 17.7 Å². The minimum Gasteiger partial charge on any atom is -0.490 e. The van der Waals surface area contributed by atoms with E-state index in [1.54, 1.807) is 11.3 Å².